The number of rotatable bonds is 2. The molecule has 2 aromatic rings. The fourth-order valence-electron chi connectivity index (χ4n) is 4.57. The molecular formula is C21H16BrNO2. The number of fused-ring (bicyclic) bond motifs is 3. The van der Waals surface area contributed by atoms with Gasteiger partial charge in [0.15, 0.2) is 5.54 Å². The molecule has 5 rings (SSSR count). The minimum atomic E-state index is -0.821. The van der Waals surface area contributed by atoms with Gasteiger partial charge >= 0.3 is 5.97 Å². The highest BCUT2D eigenvalue weighted by atomic mass is 79.9. The molecule has 2 aliphatic carbocycles. The summed E-state index contributed by atoms with van der Waals surface area (Å²) >= 11 is 3.49. The Morgan fingerprint density at radius 3 is 2.56 bits per heavy atom. The van der Waals surface area contributed by atoms with E-state index in [0.29, 0.717) is 11.8 Å². The SMILES string of the molecule is O=C1OC(c2ccccc2)=N[C@@]12[C@@H]1C=C[C@@H](C1)[C@@H]2c1ccc(Br)cc1. The molecule has 0 radical (unpaired) electrons. The fraction of sp³-hybridized carbons (Fsp3) is 0.238. The van der Waals surface area contributed by atoms with Crippen molar-refractivity contribution in [1.82, 2.24) is 0 Å². The summed E-state index contributed by atoms with van der Waals surface area (Å²) in [5.74, 6) is 0.714. The third-order valence-electron chi connectivity index (χ3n) is 5.64. The zero-order chi connectivity index (χ0) is 17.0. The van der Waals surface area contributed by atoms with Crippen molar-refractivity contribution in [1.29, 1.82) is 0 Å². The maximum atomic E-state index is 13.0. The minimum Gasteiger partial charge on any atom is -0.405 e. The molecule has 3 nitrogen and oxygen atoms in total. The van der Waals surface area contributed by atoms with Crippen molar-refractivity contribution in [2.75, 3.05) is 0 Å². The van der Waals surface area contributed by atoms with Gasteiger partial charge in [-0.15, -0.1) is 0 Å². The van der Waals surface area contributed by atoms with Crippen molar-refractivity contribution in [2.24, 2.45) is 16.8 Å². The molecule has 0 saturated heterocycles. The van der Waals surface area contributed by atoms with Crippen LogP contribution < -0.4 is 0 Å². The van der Waals surface area contributed by atoms with E-state index in [1.165, 1.54) is 0 Å². The van der Waals surface area contributed by atoms with Gasteiger partial charge in [-0.05, 0) is 42.2 Å². The van der Waals surface area contributed by atoms with E-state index in [9.17, 15) is 4.79 Å². The Morgan fingerprint density at radius 1 is 1.04 bits per heavy atom. The Balaban J connectivity index is 1.65. The Labute approximate surface area is 154 Å². The van der Waals surface area contributed by atoms with Gasteiger partial charge < -0.3 is 4.74 Å². The Bertz CT molecular complexity index is 903. The molecule has 4 heteroatoms. The summed E-state index contributed by atoms with van der Waals surface area (Å²) < 4.78 is 6.71. The van der Waals surface area contributed by atoms with Crippen LogP contribution in [0.4, 0.5) is 0 Å². The Morgan fingerprint density at radius 2 is 1.80 bits per heavy atom. The lowest BCUT2D eigenvalue weighted by atomic mass is 9.73. The summed E-state index contributed by atoms with van der Waals surface area (Å²) in [4.78, 5) is 18.0. The lowest BCUT2D eigenvalue weighted by molar-refractivity contribution is -0.140. The van der Waals surface area contributed by atoms with Crippen molar-refractivity contribution in [3.05, 3.63) is 82.3 Å². The monoisotopic (exact) mass is 393 g/mol. The second-order valence-corrected chi connectivity index (χ2v) is 7.83. The van der Waals surface area contributed by atoms with E-state index in [1.807, 2.05) is 42.5 Å². The molecule has 0 unspecified atom stereocenters. The summed E-state index contributed by atoms with van der Waals surface area (Å²) in [5, 5.41) is 0. The third-order valence-corrected chi connectivity index (χ3v) is 6.17. The number of hydrogen-bond donors (Lipinski definition) is 0. The van der Waals surface area contributed by atoms with Crippen LogP contribution in [0, 0.1) is 11.8 Å². The summed E-state index contributed by atoms with van der Waals surface area (Å²) in [6.07, 6.45) is 5.35. The molecule has 1 fully saturated rings. The zero-order valence-corrected chi connectivity index (χ0v) is 15.0. The first-order valence-corrected chi connectivity index (χ1v) is 9.29. The molecule has 1 heterocycles. The van der Waals surface area contributed by atoms with Gasteiger partial charge in [-0.3, -0.25) is 0 Å². The predicted molar refractivity (Wildman–Crippen MR) is 99.4 cm³/mol. The van der Waals surface area contributed by atoms with Crippen molar-refractivity contribution in [3.8, 4) is 0 Å². The number of cyclic esters (lactones) is 1. The van der Waals surface area contributed by atoms with Gasteiger partial charge in [0.2, 0.25) is 5.90 Å². The molecule has 3 aliphatic rings. The quantitative estimate of drug-likeness (QED) is 0.557. The number of ether oxygens (including phenoxy) is 1. The number of halogens is 1. The first-order chi connectivity index (χ1) is 12.2. The van der Waals surface area contributed by atoms with E-state index in [0.717, 1.165) is 22.0 Å². The molecule has 124 valence electrons. The van der Waals surface area contributed by atoms with Crippen LogP contribution >= 0.6 is 15.9 Å². The number of carbonyl (C=O) groups excluding carboxylic acids is 1. The first kappa shape index (κ1) is 15.1. The Hall–Kier alpha value is -2.20. The van der Waals surface area contributed by atoms with E-state index >= 15 is 0 Å². The van der Waals surface area contributed by atoms with E-state index in [1.54, 1.807) is 0 Å². The highest BCUT2D eigenvalue weighted by Gasteiger charge is 2.65. The standard InChI is InChI=1S/C21H16BrNO2/c22-17-10-7-13(8-11-17)18-15-6-9-16(12-15)21(18)20(24)25-19(23-21)14-4-2-1-3-5-14/h1-11,15-16,18H,12H2/t15-,16+,18-,21+/m0/s1. The van der Waals surface area contributed by atoms with Gasteiger partial charge in [0.05, 0.1) is 0 Å². The molecule has 0 amide bonds. The number of hydrogen-bond acceptors (Lipinski definition) is 3. The van der Waals surface area contributed by atoms with Crippen LogP contribution in [0.5, 0.6) is 0 Å². The number of nitrogens with zero attached hydrogens (tertiary/aromatic N) is 1. The molecule has 1 spiro atoms. The summed E-state index contributed by atoms with van der Waals surface area (Å²) in [6, 6.07) is 17.9. The molecule has 25 heavy (non-hydrogen) atoms. The van der Waals surface area contributed by atoms with Crippen LogP contribution in [0.1, 0.15) is 23.5 Å². The van der Waals surface area contributed by atoms with Gasteiger partial charge in [0.1, 0.15) is 0 Å². The van der Waals surface area contributed by atoms with Crippen LogP contribution in [0.2, 0.25) is 0 Å². The topological polar surface area (TPSA) is 38.7 Å². The van der Waals surface area contributed by atoms with Crippen molar-refractivity contribution in [3.63, 3.8) is 0 Å². The second kappa shape index (κ2) is 5.40. The molecule has 0 aromatic heterocycles. The molecule has 2 aromatic carbocycles. The second-order valence-electron chi connectivity index (χ2n) is 6.92. The normalized spacial score (nSPS) is 32.3. The number of aliphatic imine (C=N–C) groups is 1. The third kappa shape index (κ3) is 2.10. The largest absolute Gasteiger partial charge is 0.405 e. The highest BCUT2D eigenvalue weighted by molar-refractivity contribution is 9.10. The summed E-state index contributed by atoms with van der Waals surface area (Å²) in [7, 11) is 0. The van der Waals surface area contributed by atoms with Gasteiger partial charge in [-0.25, -0.2) is 9.79 Å². The van der Waals surface area contributed by atoms with E-state index in [4.69, 9.17) is 9.73 Å². The van der Waals surface area contributed by atoms with Gasteiger partial charge in [-0.1, -0.05) is 58.4 Å². The van der Waals surface area contributed by atoms with Gasteiger partial charge in [0.25, 0.3) is 0 Å². The predicted octanol–water partition coefficient (Wildman–Crippen LogP) is 4.48. The maximum absolute atomic E-state index is 13.0. The fourth-order valence-corrected chi connectivity index (χ4v) is 4.83. The molecule has 4 atom stereocenters. The first-order valence-electron chi connectivity index (χ1n) is 8.50. The average molecular weight is 394 g/mol. The molecular weight excluding hydrogens is 378 g/mol. The number of benzene rings is 2. The zero-order valence-electron chi connectivity index (χ0n) is 13.4. The summed E-state index contributed by atoms with van der Waals surface area (Å²) in [6.45, 7) is 0. The van der Waals surface area contributed by atoms with Crippen LogP contribution in [-0.2, 0) is 9.53 Å². The molecule has 2 bridgehead atoms. The van der Waals surface area contributed by atoms with Gasteiger partial charge in [-0.2, -0.15) is 0 Å². The molecule has 1 saturated carbocycles. The van der Waals surface area contributed by atoms with Crippen LogP contribution in [-0.4, -0.2) is 17.4 Å². The lowest BCUT2D eigenvalue weighted by Gasteiger charge is -2.32. The van der Waals surface area contributed by atoms with Crippen LogP contribution in [0.25, 0.3) is 0 Å². The lowest BCUT2D eigenvalue weighted by Crippen LogP contribution is -2.44. The number of carbonyl (C=O) groups is 1. The van der Waals surface area contributed by atoms with Crippen LogP contribution in [0.15, 0.2) is 76.2 Å². The number of esters is 1. The van der Waals surface area contributed by atoms with E-state index in [2.05, 4.69) is 40.2 Å². The average Bonchev–Trinajstić information content (AvgIpc) is 3.32. The van der Waals surface area contributed by atoms with Crippen molar-refractivity contribution >= 4 is 27.8 Å². The van der Waals surface area contributed by atoms with E-state index in [-0.39, 0.29) is 17.8 Å². The number of allylic oxidation sites excluding steroid dienone is 1. The molecule has 0 N–H and O–H groups in total. The van der Waals surface area contributed by atoms with Gasteiger partial charge in [0, 0.05) is 21.9 Å². The smallest absolute Gasteiger partial charge is 0.342 e. The minimum absolute atomic E-state index is 0.0318. The maximum Gasteiger partial charge on any atom is 0.342 e. The highest BCUT2D eigenvalue weighted by Crippen LogP contribution is 2.59. The Kier molecular flexibility index (Phi) is 3.26. The molecule has 1 aliphatic heterocycles. The van der Waals surface area contributed by atoms with Crippen molar-refractivity contribution < 1.29 is 9.53 Å². The summed E-state index contributed by atoms with van der Waals surface area (Å²) in [5.41, 5.74) is 1.18. The van der Waals surface area contributed by atoms with Crippen molar-refractivity contribution in [2.45, 2.75) is 17.9 Å². The van der Waals surface area contributed by atoms with E-state index < -0.39 is 5.54 Å². The van der Waals surface area contributed by atoms with Crippen LogP contribution in [0.3, 0.4) is 0 Å².